The Morgan fingerprint density at radius 2 is 1.89 bits per heavy atom. The number of nitrogens with one attached hydrogen (secondary N) is 2. The summed E-state index contributed by atoms with van der Waals surface area (Å²) in [7, 11) is 2.18. The summed E-state index contributed by atoms with van der Waals surface area (Å²) < 4.78 is 5.64. The van der Waals surface area contributed by atoms with E-state index in [1.54, 1.807) is 0 Å². The number of ether oxygens (including phenoxy) is 1. The summed E-state index contributed by atoms with van der Waals surface area (Å²) in [4.78, 5) is 6.94. The van der Waals surface area contributed by atoms with Crippen molar-refractivity contribution >= 4 is 5.96 Å². The molecule has 1 aromatic carbocycles. The minimum Gasteiger partial charge on any atom is -0.491 e. The highest BCUT2D eigenvalue weighted by Crippen LogP contribution is 2.19. The second-order valence-electron chi connectivity index (χ2n) is 7.60. The van der Waals surface area contributed by atoms with Crippen LogP contribution in [0.4, 0.5) is 0 Å². The predicted molar refractivity (Wildman–Crippen MR) is 111 cm³/mol. The number of nitrogens with zero attached hydrogens (tertiary/aromatic N) is 2. The minimum absolute atomic E-state index is 0.142. The number of aliphatic imine (C=N–C) groups is 1. The maximum absolute atomic E-state index is 10.4. The smallest absolute Gasteiger partial charge is 0.191 e. The predicted octanol–water partition coefficient (Wildman–Crippen LogP) is 2.40. The van der Waals surface area contributed by atoms with Gasteiger partial charge >= 0.3 is 0 Å². The average Bonchev–Trinajstić information content (AvgIpc) is 2.65. The van der Waals surface area contributed by atoms with Crippen molar-refractivity contribution in [2.45, 2.75) is 45.8 Å². The van der Waals surface area contributed by atoms with Crippen molar-refractivity contribution < 1.29 is 9.84 Å². The molecule has 152 valence electrons. The molecule has 1 aliphatic rings. The normalized spacial score (nSPS) is 17.8. The first-order valence-electron chi connectivity index (χ1n) is 10.1. The third-order valence-corrected chi connectivity index (χ3v) is 4.80. The first kappa shape index (κ1) is 21.5. The highest BCUT2D eigenvalue weighted by atomic mass is 16.5. The lowest BCUT2D eigenvalue weighted by molar-refractivity contribution is 0.186. The van der Waals surface area contributed by atoms with Crippen LogP contribution in [0.2, 0.25) is 0 Å². The SMILES string of the molecule is CCNC(=NCC(O)c1ccc(OC(C)C)cc1)NCC1CCN(C)CC1. The average molecular weight is 377 g/mol. The van der Waals surface area contributed by atoms with E-state index in [0.717, 1.165) is 43.5 Å². The first-order chi connectivity index (χ1) is 13.0. The van der Waals surface area contributed by atoms with Gasteiger partial charge in [-0.05, 0) is 77.4 Å². The third-order valence-electron chi connectivity index (χ3n) is 4.80. The molecule has 1 aromatic rings. The summed E-state index contributed by atoms with van der Waals surface area (Å²) >= 11 is 0. The largest absolute Gasteiger partial charge is 0.491 e. The van der Waals surface area contributed by atoms with Crippen molar-refractivity contribution in [3.63, 3.8) is 0 Å². The van der Waals surface area contributed by atoms with Gasteiger partial charge in [0.15, 0.2) is 5.96 Å². The van der Waals surface area contributed by atoms with Gasteiger partial charge in [-0.15, -0.1) is 0 Å². The Morgan fingerprint density at radius 1 is 1.22 bits per heavy atom. The topological polar surface area (TPSA) is 69.1 Å². The number of benzene rings is 1. The second kappa shape index (κ2) is 11.1. The minimum atomic E-state index is -0.628. The molecule has 27 heavy (non-hydrogen) atoms. The summed E-state index contributed by atoms with van der Waals surface area (Å²) in [6.45, 7) is 10.4. The highest BCUT2D eigenvalue weighted by Gasteiger charge is 2.17. The Balaban J connectivity index is 1.85. The molecule has 0 radical (unpaired) electrons. The Kier molecular flexibility index (Phi) is 8.88. The number of aliphatic hydroxyl groups is 1. The molecular formula is C21H36N4O2. The van der Waals surface area contributed by atoms with E-state index in [1.807, 2.05) is 38.1 Å². The molecule has 2 rings (SSSR count). The van der Waals surface area contributed by atoms with E-state index in [-0.39, 0.29) is 6.10 Å². The summed E-state index contributed by atoms with van der Waals surface area (Å²) in [5, 5.41) is 17.1. The number of rotatable bonds is 8. The molecule has 0 aliphatic carbocycles. The molecule has 1 fully saturated rings. The third kappa shape index (κ3) is 7.77. The molecule has 0 spiro atoms. The van der Waals surface area contributed by atoms with Gasteiger partial charge in [-0.2, -0.15) is 0 Å². The van der Waals surface area contributed by atoms with E-state index in [2.05, 4.69) is 34.5 Å². The molecule has 1 saturated heterocycles. The first-order valence-corrected chi connectivity index (χ1v) is 10.1. The van der Waals surface area contributed by atoms with Crippen molar-refractivity contribution in [3.8, 4) is 5.75 Å². The zero-order valence-electron chi connectivity index (χ0n) is 17.2. The molecule has 0 aromatic heterocycles. The number of hydrogen-bond acceptors (Lipinski definition) is 4. The van der Waals surface area contributed by atoms with Crippen LogP contribution in [0.15, 0.2) is 29.3 Å². The molecule has 3 N–H and O–H groups in total. The number of piperidine rings is 1. The standard InChI is InChI=1S/C21H36N4O2/c1-5-22-21(23-14-17-10-12-25(4)13-11-17)24-15-20(26)18-6-8-19(9-7-18)27-16(2)3/h6-9,16-17,20,26H,5,10-15H2,1-4H3,(H2,22,23,24). The quantitative estimate of drug-likeness (QED) is 0.480. The summed E-state index contributed by atoms with van der Waals surface area (Å²) in [6.07, 6.45) is 1.95. The van der Waals surface area contributed by atoms with Crippen molar-refractivity contribution in [2.75, 3.05) is 39.8 Å². The van der Waals surface area contributed by atoms with Gasteiger partial charge in [-0.1, -0.05) is 12.1 Å². The Labute approximate surface area is 164 Å². The molecule has 0 amide bonds. The van der Waals surface area contributed by atoms with Crippen LogP contribution in [-0.4, -0.2) is 61.8 Å². The maximum Gasteiger partial charge on any atom is 0.191 e. The maximum atomic E-state index is 10.4. The summed E-state index contributed by atoms with van der Waals surface area (Å²) in [6, 6.07) is 7.59. The molecule has 0 bridgehead atoms. The van der Waals surface area contributed by atoms with E-state index < -0.39 is 6.10 Å². The number of guanidine groups is 1. The van der Waals surface area contributed by atoms with Crippen molar-refractivity contribution in [1.29, 1.82) is 0 Å². The molecule has 1 heterocycles. The molecule has 1 aliphatic heterocycles. The van der Waals surface area contributed by atoms with Gasteiger partial charge < -0.3 is 25.4 Å². The Bertz CT molecular complexity index is 566. The lowest BCUT2D eigenvalue weighted by Gasteiger charge is -2.29. The van der Waals surface area contributed by atoms with Gasteiger partial charge in [0.1, 0.15) is 5.75 Å². The van der Waals surface area contributed by atoms with Crippen LogP contribution < -0.4 is 15.4 Å². The van der Waals surface area contributed by atoms with E-state index in [0.29, 0.717) is 12.5 Å². The Morgan fingerprint density at radius 3 is 2.48 bits per heavy atom. The van der Waals surface area contributed by atoms with Gasteiger partial charge in [0, 0.05) is 13.1 Å². The van der Waals surface area contributed by atoms with Crippen molar-refractivity contribution in [3.05, 3.63) is 29.8 Å². The molecule has 6 heteroatoms. The van der Waals surface area contributed by atoms with Crippen molar-refractivity contribution in [2.24, 2.45) is 10.9 Å². The molecule has 1 atom stereocenters. The van der Waals surface area contributed by atoms with Gasteiger partial charge in [-0.3, -0.25) is 4.99 Å². The van der Waals surface area contributed by atoms with Crippen LogP contribution >= 0.6 is 0 Å². The van der Waals surface area contributed by atoms with Crippen LogP contribution in [0.3, 0.4) is 0 Å². The van der Waals surface area contributed by atoms with Gasteiger partial charge in [0.25, 0.3) is 0 Å². The zero-order valence-corrected chi connectivity index (χ0v) is 17.2. The fourth-order valence-electron chi connectivity index (χ4n) is 3.17. The molecule has 0 saturated carbocycles. The Hall–Kier alpha value is -1.79. The fraction of sp³-hybridized carbons (Fsp3) is 0.667. The number of likely N-dealkylation sites (tertiary alicyclic amines) is 1. The number of hydrogen-bond donors (Lipinski definition) is 3. The molecule has 1 unspecified atom stereocenters. The monoisotopic (exact) mass is 376 g/mol. The lowest BCUT2D eigenvalue weighted by Crippen LogP contribution is -2.42. The van der Waals surface area contributed by atoms with Gasteiger partial charge in [-0.25, -0.2) is 0 Å². The number of aliphatic hydroxyl groups excluding tert-OH is 1. The molecular weight excluding hydrogens is 340 g/mol. The second-order valence-corrected chi connectivity index (χ2v) is 7.60. The van der Waals surface area contributed by atoms with Crippen molar-refractivity contribution in [1.82, 2.24) is 15.5 Å². The molecule has 6 nitrogen and oxygen atoms in total. The van der Waals surface area contributed by atoms with E-state index in [4.69, 9.17) is 4.74 Å². The zero-order chi connectivity index (χ0) is 19.6. The summed E-state index contributed by atoms with van der Waals surface area (Å²) in [5.74, 6) is 2.27. The van der Waals surface area contributed by atoms with Gasteiger partial charge in [0.05, 0.1) is 18.8 Å². The van der Waals surface area contributed by atoms with E-state index in [9.17, 15) is 5.11 Å². The fourth-order valence-corrected chi connectivity index (χ4v) is 3.17. The van der Waals surface area contributed by atoms with E-state index in [1.165, 1.54) is 12.8 Å². The van der Waals surface area contributed by atoms with Crippen LogP contribution in [0.1, 0.15) is 45.3 Å². The van der Waals surface area contributed by atoms with Crippen LogP contribution in [0.25, 0.3) is 0 Å². The highest BCUT2D eigenvalue weighted by molar-refractivity contribution is 5.79. The van der Waals surface area contributed by atoms with Crippen LogP contribution in [-0.2, 0) is 0 Å². The van der Waals surface area contributed by atoms with Crippen LogP contribution in [0, 0.1) is 5.92 Å². The lowest BCUT2D eigenvalue weighted by atomic mass is 9.97. The summed E-state index contributed by atoms with van der Waals surface area (Å²) in [5.41, 5.74) is 0.848. The van der Waals surface area contributed by atoms with E-state index >= 15 is 0 Å². The van der Waals surface area contributed by atoms with Crippen LogP contribution in [0.5, 0.6) is 5.75 Å². The van der Waals surface area contributed by atoms with Gasteiger partial charge in [0.2, 0.25) is 0 Å².